The van der Waals surface area contributed by atoms with Gasteiger partial charge in [0.05, 0.1) is 5.69 Å². The molecule has 1 aromatic rings. The quantitative estimate of drug-likeness (QED) is 0.604. The average Bonchev–Trinajstić information content (AvgIpc) is 2.36. The SMILES string of the molecule is CCCCCC(=O)NC(=S)Nc1cc(C)c(C)cc1Br. The highest BCUT2D eigenvalue weighted by Gasteiger charge is 2.07. The Balaban J connectivity index is 2.54. The number of nitrogens with one attached hydrogen (secondary N) is 2. The number of halogens is 1. The third-order valence-electron chi connectivity index (χ3n) is 3.09. The monoisotopic (exact) mass is 356 g/mol. The summed E-state index contributed by atoms with van der Waals surface area (Å²) in [4.78, 5) is 11.7. The van der Waals surface area contributed by atoms with Gasteiger partial charge in [0.2, 0.25) is 5.91 Å². The van der Waals surface area contributed by atoms with E-state index in [4.69, 9.17) is 12.2 Å². The lowest BCUT2D eigenvalue weighted by molar-refractivity contribution is -0.119. The van der Waals surface area contributed by atoms with Gasteiger partial charge in [-0.25, -0.2) is 0 Å². The van der Waals surface area contributed by atoms with Crippen LogP contribution in [-0.4, -0.2) is 11.0 Å². The van der Waals surface area contributed by atoms with Gasteiger partial charge in [0, 0.05) is 10.9 Å². The van der Waals surface area contributed by atoms with E-state index in [1.165, 1.54) is 11.1 Å². The molecule has 0 saturated heterocycles. The number of hydrogen-bond acceptors (Lipinski definition) is 2. The van der Waals surface area contributed by atoms with E-state index in [-0.39, 0.29) is 5.91 Å². The zero-order valence-corrected chi connectivity index (χ0v) is 14.6. The second-order valence-corrected chi connectivity index (χ2v) is 6.14. The molecule has 0 aromatic heterocycles. The second kappa shape index (κ2) is 8.37. The van der Waals surface area contributed by atoms with Crippen LogP contribution in [0.5, 0.6) is 0 Å². The summed E-state index contributed by atoms with van der Waals surface area (Å²) >= 11 is 8.66. The van der Waals surface area contributed by atoms with E-state index in [2.05, 4.69) is 40.4 Å². The van der Waals surface area contributed by atoms with Crippen molar-refractivity contribution in [1.29, 1.82) is 0 Å². The molecule has 0 aliphatic rings. The lowest BCUT2D eigenvalue weighted by atomic mass is 10.1. The number of carbonyl (C=O) groups excluding carboxylic acids is 1. The fourth-order valence-corrected chi connectivity index (χ4v) is 2.54. The Morgan fingerprint density at radius 3 is 2.55 bits per heavy atom. The third-order valence-corrected chi connectivity index (χ3v) is 3.95. The van der Waals surface area contributed by atoms with Crippen LogP contribution < -0.4 is 10.6 Å². The molecule has 0 aliphatic heterocycles. The molecule has 0 unspecified atom stereocenters. The van der Waals surface area contributed by atoms with E-state index in [0.29, 0.717) is 11.5 Å². The standard InChI is InChI=1S/C15H21BrN2OS/c1-4-5-6-7-14(19)18-15(20)17-13-9-11(3)10(2)8-12(13)16/h8-9H,4-7H2,1-3H3,(H2,17,18,19,20). The maximum atomic E-state index is 11.7. The van der Waals surface area contributed by atoms with E-state index in [1.54, 1.807) is 0 Å². The van der Waals surface area contributed by atoms with Gasteiger partial charge < -0.3 is 10.6 Å². The molecule has 0 saturated carbocycles. The predicted octanol–water partition coefficient (Wildman–Crippen LogP) is 4.46. The maximum Gasteiger partial charge on any atom is 0.226 e. The summed E-state index contributed by atoms with van der Waals surface area (Å²) in [5.41, 5.74) is 3.25. The highest BCUT2D eigenvalue weighted by atomic mass is 79.9. The first kappa shape index (κ1) is 17.1. The summed E-state index contributed by atoms with van der Waals surface area (Å²) in [6.45, 7) is 6.21. The molecule has 5 heteroatoms. The third kappa shape index (κ3) is 5.59. The van der Waals surface area contributed by atoms with Gasteiger partial charge in [0.25, 0.3) is 0 Å². The minimum absolute atomic E-state index is 0.0316. The molecule has 1 aromatic carbocycles. The number of aryl methyl sites for hydroxylation is 2. The summed E-state index contributed by atoms with van der Waals surface area (Å²) in [7, 11) is 0. The van der Waals surface area contributed by atoms with E-state index in [0.717, 1.165) is 29.4 Å². The Kier molecular flexibility index (Phi) is 7.16. The topological polar surface area (TPSA) is 41.1 Å². The Morgan fingerprint density at radius 2 is 1.90 bits per heavy atom. The Hall–Kier alpha value is -0.940. The summed E-state index contributed by atoms with van der Waals surface area (Å²) in [6, 6.07) is 4.04. The van der Waals surface area contributed by atoms with Crippen molar-refractivity contribution in [3.05, 3.63) is 27.7 Å². The van der Waals surface area contributed by atoms with Gasteiger partial charge in [-0.2, -0.15) is 0 Å². The van der Waals surface area contributed by atoms with Crippen molar-refractivity contribution < 1.29 is 4.79 Å². The van der Waals surface area contributed by atoms with Crippen molar-refractivity contribution in [3.63, 3.8) is 0 Å². The molecule has 0 bridgehead atoms. The second-order valence-electron chi connectivity index (χ2n) is 4.88. The van der Waals surface area contributed by atoms with Gasteiger partial charge in [-0.3, -0.25) is 4.79 Å². The van der Waals surface area contributed by atoms with Crippen molar-refractivity contribution in [2.75, 3.05) is 5.32 Å². The van der Waals surface area contributed by atoms with Crippen molar-refractivity contribution in [1.82, 2.24) is 5.32 Å². The molecule has 0 atom stereocenters. The smallest absolute Gasteiger partial charge is 0.226 e. The molecule has 20 heavy (non-hydrogen) atoms. The fraction of sp³-hybridized carbons (Fsp3) is 0.467. The average molecular weight is 357 g/mol. The molecular weight excluding hydrogens is 336 g/mol. The van der Waals surface area contributed by atoms with Gasteiger partial charge in [-0.05, 0) is 71.7 Å². The van der Waals surface area contributed by atoms with Crippen LogP contribution in [0.4, 0.5) is 5.69 Å². The van der Waals surface area contributed by atoms with Gasteiger partial charge in [-0.15, -0.1) is 0 Å². The summed E-state index contributed by atoms with van der Waals surface area (Å²) in [5.74, 6) is -0.0316. The first-order chi connectivity index (χ1) is 9.43. The van der Waals surface area contributed by atoms with Crippen molar-refractivity contribution in [2.24, 2.45) is 0 Å². The number of hydrogen-bond donors (Lipinski definition) is 2. The molecule has 0 aliphatic carbocycles. The van der Waals surface area contributed by atoms with Crippen LogP contribution in [0.1, 0.15) is 43.7 Å². The fourth-order valence-electron chi connectivity index (χ4n) is 1.75. The van der Waals surface area contributed by atoms with Crippen molar-refractivity contribution >= 4 is 44.9 Å². The summed E-state index contributed by atoms with van der Waals surface area (Å²) < 4.78 is 0.934. The van der Waals surface area contributed by atoms with Crippen LogP contribution in [0.15, 0.2) is 16.6 Å². The van der Waals surface area contributed by atoms with Gasteiger partial charge >= 0.3 is 0 Å². The minimum atomic E-state index is -0.0316. The molecule has 0 fully saturated rings. The maximum absolute atomic E-state index is 11.7. The van der Waals surface area contributed by atoms with Crippen LogP contribution in [0.2, 0.25) is 0 Å². The molecule has 110 valence electrons. The van der Waals surface area contributed by atoms with E-state index < -0.39 is 0 Å². The van der Waals surface area contributed by atoms with Gasteiger partial charge in [0.1, 0.15) is 0 Å². The van der Waals surface area contributed by atoms with Crippen LogP contribution in [-0.2, 0) is 4.79 Å². The van der Waals surface area contributed by atoms with Crippen LogP contribution >= 0.6 is 28.1 Å². The van der Waals surface area contributed by atoms with Gasteiger partial charge in [0.15, 0.2) is 5.11 Å². The van der Waals surface area contributed by atoms with E-state index >= 15 is 0 Å². The van der Waals surface area contributed by atoms with Crippen LogP contribution in [0, 0.1) is 13.8 Å². The number of rotatable bonds is 5. The summed E-state index contributed by atoms with van der Waals surface area (Å²) in [6.07, 6.45) is 3.59. The Morgan fingerprint density at radius 1 is 1.25 bits per heavy atom. The highest BCUT2D eigenvalue weighted by molar-refractivity contribution is 9.10. The lowest BCUT2D eigenvalue weighted by Gasteiger charge is -2.13. The molecule has 0 heterocycles. The number of thiocarbonyl (C=S) groups is 1. The molecule has 2 N–H and O–H groups in total. The van der Waals surface area contributed by atoms with Crippen molar-refractivity contribution in [2.45, 2.75) is 46.5 Å². The van der Waals surface area contributed by atoms with Gasteiger partial charge in [-0.1, -0.05) is 19.8 Å². The first-order valence-electron chi connectivity index (χ1n) is 6.81. The molecule has 1 amide bonds. The Bertz CT molecular complexity index is 503. The summed E-state index contributed by atoms with van der Waals surface area (Å²) in [5, 5.41) is 6.10. The number of carbonyl (C=O) groups is 1. The van der Waals surface area contributed by atoms with E-state index in [9.17, 15) is 4.79 Å². The minimum Gasteiger partial charge on any atom is -0.331 e. The number of unbranched alkanes of at least 4 members (excludes halogenated alkanes) is 2. The molecule has 1 rings (SSSR count). The zero-order chi connectivity index (χ0) is 15.1. The number of amides is 1. The number of anilines is 1. The van der Waals surface area contributed by atoms with Crippen LogP contribution in [0.25, 0.3) is 0 Å². The first-order valence-corrected chi connectivity index (χ1v) is 8.01. The van der Waals surface area contributed by atoms with E-state index in [1.807, 2.05) is 19.1 Å². The Labute approximate surface area is 134 Å². The zero-order valence-electron chi connectivity index (χ0n) is 12.2. The van der Waals surface area contributed by atoms with Crippen LogP contribution in [0.3, 0.4) is 0 Å². The predicted molar refractivity (Wildman–Crippen MR) is 92.1 cm³/mol. The molecular formula is C15H21BrN2OS. The molecule has 0 spiro atoms. The normalized spacial score (nSPS) is 10.2. The number of benzene rings is 1. The lowest BCUT2D eigenvalue weighted by Crippen LogP contribution is -2.34. The largest absolute Gasteiger partial charge is 0.331 e. The van der Waals surface area contributed by atoms with Crippen molar-refractivity contribution in [3.8, 4) is 0 Å². The molecule has 3 nitrogen and oxygen atoms in total. The highest BCUT2D eigenvalue weighted by Crippen LogP contribution is 2.25. The molecule has 0 radical (unpaired) electrons.